The van der Waals surface area contributed by atoms with Gasteiger partial charge in [-0.3, -0.25) is 9.78 Å². The number of benzene rings is 1. The van der Waals surface area contributed by atoms with Gasteiger partial charge in [0.1, 0.15) is 0 Å². The molecule has 0 atom stereocenters. The maximum atomic E-state index is 12.0. The maximum absolute atomic E-state index is 12.0. The lowest BCUT2D eigenvalue weighted by Crippen LogP contribution is -2.12. The Morgan fingerprint density at radius 3 is 2.70 bits per heavy atom. The lowest BCUT2D eigenvalue weighted by Gasteiger charge is -2.06. The van der Waals surface area contributed by atoms with Gasteiger partial charge in [-0.2, -0.15) is 0 Å². The highest BCUT2D eigenvalue weighted by Gasteiger charge is 2.03. The molecule has 1 aromatic carbocycles. The quantitative estimate of drug-likeness (QED) is 0.671. The second kappa shape index (κ2) is 7.01. The molecule has 2 aromatic rings. The SMILES string of the molecule is C/C(=C\C(=O)c1ccc(Br)cc1)NCc1cccnc1. The lowest BCUT2D eigenvalue weighted by molar-refractivity contribution is 0.104. The Morgan fingerprint density at radius 1 is 1.30 bits per heavy atom. The number of carbonyl (C=O) groups excluding carboxylic acids is 1. The summed E-state index contributed by atoms with van der Waals surface area (Å²) in [4.78, 5) is 16.1. The Hall–Kier alpha value is -1.94. The number of nitrogens with zero attached hydrogens (tertiary/aromatic N) is 1. The fourth-order valence-corrected chi connectivity index (χ4v) is 1.95. The molecular formula is C16H15BrN2O. The topological polar surface area (TPSA) is 42.0 Å². The van der Waals surface area contributed by atoms with E-state index in [2.05, 4.69) is 26.2 Å². The fourth-order valence-electron chi connectivity index (χ4n) is 1.69. The van der Waals surface area contributed by atoms with Gasteiger partial charge < -0.3 is 5.32 Å². The summed E-state index contributed by atoms with van der Waals surface area (Å²) in [5, 5.41) is 3.20. The highest BCUT2D eigenvalue weighted by atomic mass is 79.9. The van der Waals surface area contributed by atoms with Gasteiger partial charge in [-0.25, -0.2) is 0 Å². The van der Waals surface area contributed by atoms with Crippen molar-refractivity contribution in [3.05, 3.63) is 76.2 Å². The minimum atomic E-state index is -0.00585. The third kappa shape index (κ3) is 4.31. The third-order valence-corrected chi connectivity index (χ3v) is 3.30. The van der Waals surface area contributed by atoms with Gasteiger partial charge >= 0.3 is 0 Å². The van der Waals surface area contributed by atoms with Crippen molar-refractivity contribution in [2.75, 3.05) is 0 Å². The summed E-state index contributed by atoms with van der Waals surface area (Å²) in [6.07, 6.45) is 5.15. The van der Waals surface area contributed by atoms with Gasteiger partial charge in [-0.05, 0) is 42.8 Å². The number of nitrogens with one attached hydrogen (secondary N) is 1. The summed E-state index contributed by atoms with van der Waals surface area (Å²) in [7, 11) is 0. The van der Waals surface area contributed by atoms with Crippen LogP contribution >= 0.6 is 15.9 Å². The average molecular weight is 331 g/mol. The van der Waals surface area contributed by atoms with Gasteiger partial charge in [0.25, 0.3) is 0 Å². The van der Waals surface area contributed by atoms with Crippen LogP contribution in [-0.2, 0) is 6.54 Å². The first kappa shape index (κ1) is 14.5. The molecule has 1 N–H and O–H groups in total. The molecule has 0 saturated heterocycles. The predicted molar refractivity (Wildman–Crippen MR) is 83.3 cm³/mol. The average Bonchev–Trinajstić information content (AvgIpc) is 2.47. The molecule has 0 aliphatic heterocycles. The second-order valence-corrected chi connectivity index (χ2v) is 5.33. The number of rotatable bonds is 5. The van der Waals surface area contributed by atoms with Crippen molar-refractivity contribution in [1.29, 1.82) is 0 Å². The second-order valence-electron chi connectivity index (χ2n) is 4.41. The summed E-state index contributed by atoms with van der Waals surface area (Å²) >= 11 is 3.35. The van der Waals surface area contributed by atoms with Gasteiger partial charge in [0.2, 0.25) is 0 Å². The first-order valence-electron chi connectivity index (χ1n) is 6.26. The zero-order chi connectivity index (χ0) is 14.4. The normalized spacial score (nSPS) is 11.2. The largest absolute Gasteiger partial charge is 0.384 e. The van der Waals surface area contributed by atoms with Crippen molar-refractivity contribution in [3.8, 4) is 0 Å². The molecule has 1 aromatic heterocycles. The van der Waals surface area contributed by atoms with Crippen LogP contribution in [0.4, 0.5) is 0 Å². The van der Waals surface area contributed by atoms with Gasteiger partial charge in [0.15, 0.2) is 5.78 Å². The molecule has 1 heterocycles. The summed E-state index contributed by atoms with van der Waals surface area (Å²) in [5.74, 6) is -0.00585. The van der Waals surface area contributed by atoms with Crippen LogP contribution in [0.15, 0.2) is 65.0 Å². The first-order chi connectivity index (χ1) is 9.65. The molecule has 4 heteroatoms. The molecule has 0 fully saturated rings. The van der Waals surface area contributed by atoms with E-state index < -0.39 is 0 Å². The molecule has 0 amide bonds. The van der Waals surface area contributed by atoms with Crippen LogP contribution in [0.25, 0.3) is 0 Å². The van der Waals surface area contributed by atoms with Gasteiger partial charge in [0.05, 0.1) is 0 Å². The predicted octanol–water partition coefficient (Wildman–Crippen LogP) is 3.72. The number of allylic oxidation sites excluding steroid dienone is 2. The van der Waals surface area contributed by atoms with Crippen LogP contribution in [0, 0.1) is 0 Å². The smallest absolute Gasteiger partial charge is 0.187 e. The third-order valence-electron chi connectivity index (χ3n) is 2.77. The Bertz CT molecular complexity index is 606. The van der Waals surface area contributed by atoms with Crippen molar-refractivity contribution in [1.82, 2.24) is 10.3 Å². The zero-order valence-corrected chi connectivity index (χ0v) is 12.7. The number of halogens is 1. The first-order valence-corrected chi connectivity index (χ1v) is 7.05. The van der Waals surface area contributed by atoms with Crippen LogP contribution in [-0.4, -0.2) is 10.8 Å². The van der Waals surface area contributed by atoms with Crippen LogP contribution in [0.3, 0.4) is 0 Å². The van der Waals surface area contributed by atoms with Crippen LogP contribution in [0.1, 0.15) is 22.8 Å². The summed E-state index contributed by atoms with van der Waals surface area (Å²) < 4.78 is 0.962. The van der Waals surface area contributed by atoms with Crippen molar-refractivity contribution < 1.29 is 4.79 Å². The van der Waals surface area contributed by atoms with Gasteiger partial charge in [0, 0.05) is 40.7 Å². The molecule has 0 bridgehead atoms. The van der Waals surface area contributed by atoms with E-state index in [4.69, 9.17) is 0 Å². The lowest BCUT2D eigenvalue weighted by atomic mass is 10.1. The minimum Gasteiger partial charge on any atom is -0.384 e. The molecule has 0 saturated carbocycles. The van der Waals surface area contributed by atoms with E-state index >= 15 is 0 Å². The molecule has 0 unspecified atom stereocenters. The molecule has 102 valence electrons. The molecule has 3 nitrogen and oxygen atoms in total. The van der Waals surface area contributed by atoms with Crippen LogP contribution < -0.4 is 5.32 Å². The van der Waals surface area contributed by atoms with Crippen molar-refractivity contribution in [2.24, 2.45) is 0 Å². The molecule has 20 heavy (non-hydrogen) atoms. The maximum Gasteiger partial charge on any atom is 0.187 e. The van der Waals surface area contributed by atoms with Crippen LogP contribution in [0.5, 0.6) is 0 Å². The van der Waals surface area contributed by atoms with E-state index in [1.807, 2.05) is 31.2 Å². The zero-order valence-electron chi connectivity index (χ0n) is 11.1. The summed E-state index contributed by atoms with van der Waals surface area (Å²) in [6.45, 7) is 2.54. The number of pyridine rings is 1. The molecule has 0 aliphatic carbocycles. The number of aromatic nitrogens is 1. The van der Waals surface area contributed by atoms with E-state index in [1.165, 1.54) is 0 Å². The molecule has 2 rings (SSSR count). The molecule has 0 spiro atoms. The van der Waals surface area contributed by atoms with E-state index in [0.29, 0.717) is 12.1 Å². The van der Waals surface area contributed by atoms with E-state index in [0.717, 1.165) is 15.7 Å². The van der Waals surface area contributed by atoms with E-state index in [-0.39, 0.29) is 5.78 Å². The Balaban J connectivity index is 1.96. The Kier molecular flexibility index (Phi) is 5.07. The molecule has 0 radical (unpaired) electrons. The Morgan fingerprint density at radius 2 is 2.05 bits per heavy atom. The monoisotopic (exact) mass is 330 g/mol. The Labute approximate surface area is 126 Å². The van der Waals surface area contributed by atoms with Crippen molar-refractivity contribution in [3.63, 3.8) is 0 Å². The molecular weight excluding hydrogens is 316 g/mol. The number of hydrogen-bond acceptors (Lipinski definition) is 3. The van der Waals surface area contributed by atoms with Crippen molar-refractivity contribution in [2.45, 2.75) is 13.5 Å². The highest BCUT2D eigenvalue weighted by Crippen LogP contribution is 2.11. The van der Waals surface area contributed by atoms with Gasteiger partial charge in [-0.1, -0.05) is 22.0 Å². The van der Waals surface area contributed by atoms with Crippen molar-refractivity contribution >= 4 is 21.7 Å². The highest BCUT2D eigenvalue weighted by molar-refractivity contribution is 9.10. The minimum absolute atomic E-state index is 0.00585. The summed E-state index contributed by atoms with van der Waals surface area (Å²) in [6, 6.07) is 11.2. The number of ketones is 1. The number of carbonyl (C=O) groups is 1. The fraction of sp³-hybridized carbons (Fsp3) is 0.125. The van der Waals surface area contributed by atoms with Gasteiger partial charge in [-0.15, -0.1) is 0 Å². The number of hydrogen-bond donors (Lipinski definition) is 1. The van der Waals surface area contributed by atoms with Crippen LogP contribution in [0.2, 0.25) is 0 Å². The van der Waals surface area contributed by atoms with E-state index in [9.17, 15) is 4.79 Å². The standard InChI is InChI=1S/C16H15BrN2O/c1-12(19-11-13-3-2-8-18-10-13)9-16(20)14-4-6-15(17)7-5-14/h2-10,19H,11H2,1H3/b12-9+. The molecule has 0 aliphatic rings. The summed E-state index contributed by atoms with van der Waals surface area (Å²) in [5.41, 5.74) is 2.59. The van der Waals surface area contributed by atoms with E-state index in [1.54, 1.807) is 30.6 Å².